The van der Waals surface area contributed by atoms with Crippen LogP contribution in [0, 0.1) is 0 Å². The lowest BCUT2D eigenvalue weighted by molar-refractivity contribution is 0.00858. The van der Waals surface area contributed by atoms with Gasteiger partial charge >= 0.3 is 0 Å². The van der Waals surface area contributed by atoms with Gasteiger partial charge in [0.05, 0.1) is 16.7 Å². The summed E-state index contributed by atoms with van der Waals surface area (Å²) in [4.78, 5) is 0.212. The van der Waals surface area contributed by atoms with Gasteiger partial charge in [-0.25, -0.2) is 13.1 Å². The van der Waals surface area contributed by atoms with E-state index >= 15 is 0 Å². The number of hydrogen-bond donors (Lipinski definition) is 0. The summed E-state index contributed by atoms with van der Waals surface area (Å²) in [6, 6.07) is 6.56. The van der Waals surface area contributed by atoms with Gasteiger partial charge in [-0.05, 0) is 47.9 Å². The molecule has 3 rings (SSSR count). The number of benzene rings is 1. The van der Waals surface area contributed by atoms with E-state index in [1.165, 1.54) is 15.3 Å². The van der Waals surface area contributed by atoms with Crippen molar-refractivity contribution in [1.29, 1.82) is 0 Å². The zero-order chi connectivity index (χ0) is 16.3. The second kappa shape index (κ2) is 6.73. The minimum atomic E-state index is -3.58. The van der Waals surface area contributed by atoms with Crippen molar-refractivity contribution in [2.24, 2.45) is 0 Å². The Bertz CT molecular complexity index is 742. The van der Waals surface area contributed by atoms with Crippen molar-refractivity contribution in [2.45, 2.75) is 30.3 Å². The maximum atomic E-state index is 12.7. The van der Waals surface area contributed by atoms with Crippen molar-refractivity contribution in [2.75, 3.05) is 20.2 Å². The second-order valence-corrected chi connectivity index (χ2v) is 7.57. The zero-order valence-electron chi connectivity index (χ0n) is 12.9. The van der Waals surface area contributed by atoms with Gasteiger partial charge in [0.2, 0.25) is 10.0 Å². The van der Waals surface area contributed by atoms with Gasteiger partial charge in [0.15, 0.2) is 0 Å². The van der Waals surface area contributed by atoms with Gasteiger partial charge in [-0.1, -0.05) is 6.07 Å². The largest absolute Gasteiger partial charge is 0.377 e. The third-order valence-electron chi connectivity index (χ3n) is 3.87. The van der Waals surface area contributed by atoms with Crippen LogP contribution in [-0.2, 0) is 14.8 Å². The molecule has 1 unspecified atom stereocenters. The molecule has 1 aromatic heterocycles. The first-order valence-corrected chi connectivity index (χ1v) is 8.93. The highest BCUT2D eigenvalue weighted by atomic mass is 32.2. The van der Waals surface area contributed by atoms with Crippen molar-refractivity contribution in [3.63, 3.8) is 0 Å². The molecule has 0 saturated carbocycles. The smallest absolute Gasteiger partial charge is 0.242 e. The maximum absolute atomic E-state index is 12.7. The monoisotopic (exact) mass is 337 g/mol. The highest BCUT2D eigenvalue weighted by molar-refractivity contribution is 7.89. The SMILES string of the molecule is CN(CC1CCCCO1)S(=O)(=O)c1cccc(-n2cnnn2)c1. The van der Waals surface area contributed by atoms with Gasteiger partial charge in [-0.15, -0.1) is 5.10 Å². The summed E-state index contributed by atoms with van der Waals surface area (Å²) < 4.78 is 33.9. The molecule has 0 bridgehead atoms. The minimum Gasteiger partial charge on any atom is -0.377 e. The van der Waals surface area contributed by atoms with E-state index in [-0.39, 0.29) is 11.0 Å². The van der Waals surface area contributed by atoms with Crippen LogP contribution in [0.4, 0.5) is 0 Å². The summed E-state index contributed by atoms with van der Waals surface area (Å²) in [7, 11) is -2.00. The van der Waals surface area contributed by atoms with Crippen molar-refractivity contribution in [1.82, 2.24) is 24.5 Å². The summed E-state index contributed by atoms with van der Waals surface area (Å²) in [5.74, 6) is 0. The van der Waals surface area contributed by atoms with Crippen LogP contribution in [0.15, 0.2) is 35.5 Å². The van der Waals surface area contributed by atoms with Crippen LogP contribution in [0.25, 0.3) is 5.69 Å². The molecule has 0 aliphatic carbocycles. The lowest BCUT2D eigenvalue weighted by atomic mass is 10.1. The first-order valence-electron chi connectivity index (χ1n) is 7.49. The molecule has 2 heterocycles. The molecule has 1 aliphatic heterocycles. The number of hydrogen-bond acceptors (Lipinski definition) is 6. The van der Waals surface area contributed by atoms with E-state index in [0.29, 0.717) is 18.8 Å². The van der Waals surface area contributed by atoms with Gasteiger partial charge in [0.1, 0.15) is 6.33 Å². The summed E-state index contributed by atoms with van der Waals surface area (Å²) in [6.07, 6.45) is 4.40. The quantitative estimate of drug-likeness (QED) is 0.803. The first kappa shape index (κ1) is 16.0. The molecule has 1 saturated heterocycles. The predicted octanol–water partition coefficient (Wildman–Crippen LogP) is 0.852. The van der Waals surface area contributed by atoms with Gasteiger partial charge in [-0.3, -0.25) is 0 Å². The number of tetrazole rings is 1. The topological polar surface area (TPSA) is 90.2 Å². The number of nitrogens with zero attached hydrogens (tertiary/aromatic N) is 5. The molecule has 23 heavy (non-hydrogen) atoms. The summed E-state index contributed by atoms with van der Waals surface area (Å²) in [5, 5.41) is 10.9. The normalized spacial score (nSPS) is 19.1. The van der Waals surface area contributed by atoms with Crippen molar-refractivity contribution < 1.29 is 13.2 Å². The number of rotatable bonds is 5. The lowest BCUT2D eigenvalue weighted by Crippen LogP contribution is -2.37. The van der Waals surface area contributed by atoms with Crippen molar-refractivity contribution >= 4 is 10.0 Å². The van der Waals surface area contributed by atoms with E-state index in [9.17, 15) is 8.42 Å². The molecule has 0 N–H and O–H groups in total. The van der Waals surface area contributed by atoms with E-state index < -0.39 is 10.0 Å². The summed E-state index contributed by atoms with van der Waals surface area (Å²) >= 11 is 0. The molecule has 1 atom stereocenters. The summed E-state index contributed by atoms with van der Waals surface area (Å²) in [5.41, 5.74) is 0.596. The fraction of sp³-hybridized carbons (Fsp3) is 0.500. The number of aromatic nitrogens is 4. The summed E-state index contributed by atoms with van der Waals surface area (Å²) in [6.45, 7) is 1.06. The predicted molar refractivity (Wildman–Crippen MR) is 82.6 cm³/mol. The molecule has 1 aromatic carbocycles. The zero-order valence-corrected chi connectivity index (χ0v) is 13.7. The molecule has 2 aromatic rings. The maximum Gasteiger partial charge on any atom is 0.242 e. The third-order valence-corrected chi connectivity index (χ3v) is 5.69. The molecule has 9 heteroatoms. The third kappa shape index (κ3) is 3.57. The molecule has 8 nitrogen and oxygen atoms in total. The van der Waals surface area contributed by atoms with Crippen molar-refractivity contribution in [3.05, 3.63) is 30.6 Å². The number of sulfonamides is 1. The van der Waals surface area contributed by atoms with E-state index in [0.717, 1.165) is 19.3 Å². The van der Waals surface area contributed by atoms with E-state index in [1.54, 1.807) is 31.3 Å². The molecular formula is C14H19N5O3S. The molecule has 0 amide bonds. The molecule has 124 valence electrons. The fourth-order valence-corrected chi connectivity index (χ4v) is 3.82. The average molecular weight is 337 g/mol. The molecular weight excluding hydrogens is 318 g/mol. The Morgan fingerprint density at radius 3 is 2.96 bits per heavy atom. The van der Waals surface area contributed by atoms with Crippen LogP contribution >= 0.6 is 0 Å². The molecule has 1 aliphatic rings. The van der Waals surface area contributed by atoms with Crippen LogP contribution in [0.1, 0.15) is 19.3 Å². The highest BCUT2D eigenvalue weighted by Crippen LogP contribution is 2.20. The van der Waals surface area contributed by atoms with E-state index in [1.807, 2.05) is 0 Å². The van der Waals surface area contributed by atoms with Gasteiger partial charge in [0.25, 0.3) is 0 Å². The van der Waals surface area contributed by atoms with Crippen molar-refractivity contribution in [3.8, 4) is 5.69 Å². The Morgan fingerprint density at radius 1 is 1.39 bits per heavy atom. The minimum absolute atomic E-state index is 0.0359. The number of ether oxygens (including phenoxy) is 1. The van der Waals surface area contributed by atoms with E-state index in [4.69, 9.17) is 4.74 Å². The van der Waals surface area contributed by atoms with Crippen LogP contribution in [-0.4, -0.2) is 59.2 Å². The Balaban J connectivity index is 1.80. The lowest BCUT2D eigenvalue weighted by Gasteiger charge is -2.27. The molecule has 0 spiro atoms. The Hall–Kier alpha value is -1.84. The highest BCUT2D eigenvalue weighted by Gasteiger charge is 2.25. The Kier molecular flexibility index (Phi) is 4.69. The van der Waals surface area contributed by atoms with Crippen LogP contribution < -0.4 is 0 Å². The average Bonchev–Trinajstić information content (AvgIpc) is 3.10. The van der Waals surface area contributed by atoms with Gasteiger partial charge < -0.3 is 4.74 Å². The van der Waals surface area contributed by atoms with Gasteiger partial charge in [0, 0.05) is 20.2 Å². The van der Waals surface area contributed by atoms with Crippen LogP contribution in [0.5, 0.6) is 0 Å². The van der Waals surface area contributed by atoms with Crippen LogP contribution in [0.2, 0.25) is 0 Å². The second-order valence-electron chi connectivity index (χ2n) is 5.53. The van der Waals surface area contributed by atoms with Gasteiger partial charge in [-0.2, -0.15) is 4.31 Å². The fourth-order valence-electron chi connectivity index (χ4n) is 2.58. The Morgan fingerprint density at radius 2 is 2.26 bits per heavy atom. The standard InChI is InChI=1S/C14H19N5O3S/c1-18(10-13-6-2-3-8-22-13)23(20,21)14-7-4-5-12(9-14)19-11-15-16-17-19/h4-5,7,9,11,13H,2-3,6,8,10H2,1H3. The Labute approximate surface area is 135 Å². The van der Waals surface area contributed by atoms with E-state index in [2.05, 4.69) is 15.5 Å². The van der Waals surface area contributed by atoms with Crippen LogP contribution in [0.3, 0.4) is 0 Å². The molecule has 0 radical (unpaired) electrons. The first-order chi connectivity index (χ1) is 11.1. The number of likely N-dealkylation sites (N-methyl/N-ethyl adjacent to an activating group) is 1. The molecule has 1 fully saturated rings.